The number of fused-ring (bicyclic) bond motifs is 2. The maximum absolute atomic E-state index is 14.1. The summed E-state index contributed by atoms with van der Waals surface area (Å²) in [5, 5.41) is 23.0. The molecule has 5 aromatic carbocycles. The molecule has 3 unspecified atom stereocenters. The van der Waals surface area contributed by atoms with Gasteiger partial charge in [-0.3, -0.25) is 14.6 Å². The van der Waals surface area contributed by atoms with Crippen molar-refractivity contribution in [2.24, 2.45) is 0 Å². The molecule has 0 aliphatic carbocycles. The molecule has 2 aliphatic rings. The molecule has 0 bridgehead atoms. The summed E-state index contributed by atoms with van der Waals surface area (Å²) in [6.07, 6.45) is 3.82. The smallest absolute Gasteiger partial charge is 0.326 e. The fourth-order valence-corrected chi connectivity index (χ4v) is 7.49. The highest BCUT2D eigenvalue weighted by atomic mass is 35.5. The number of benzene rings is 5. The highest BCUT2D eigenvalue weighted by Crippen LogP contribution is 2.41. The number of hydrogen-bond donors (Lipinski definition) is 2. The summed E-state index contributed by atoms with van der Waals surface area (Å²) >= 11 is 12.2. The average molecular weight is 841 g/mol. The van der Waals surface area contributed by atoms with E-state index in [-0.39, 0.29) is 31.7 Å². The zero-order valence-electron chi connectivity index (χ0n) is 31.8. The monoisotopic (exact) mass is 839 g/mol. The van der Waals surface area contributed by atoms with Crippen LogP contribution in [0.5, 0.6) is 17.2 Å². The number of aliphatic carboxylic acids is 1. The van der Waals surface area contributed by atoms with Crippen LogP contribution in [0.4, 0.5) is 0 Å². The van der Waals surface area contributed by atoms with E-state index in [1.165, 1.54) is 23.5 Å². The normalized spacial score (nSPS) is 15.8. The van der Waals surface area contributed by atoms with Gasteiger partial charge in [0.15, 0.2) is 17.6 Å². The van der Waals surface area contributed by atoms with Crippen LogP contribution in [0.1, 0.15) is 50.0 Å². The van der Waals surface area contributed by atoms with E-state index in [1.807, 2.05) is 66.7 Å². The standard InChI is InChI=1S/C46H35Cl2N5O7/c47-36-14-5-29(17-37(36)48)25-58-35-12-10-32(11-13-35)43-26-59-41-20-33-19-40(53(24-34(33)21-42(41)60-43)45(55)39-23-50-15-16-51-39)44(54)52-38(46(56)57)18-27-1-6-30(7-2-27)31-8-3-28(22-49)4-9-31/h1-17,20-21,23,38,40,43H,18-19,24-26H2,(H,52,54)(H,56,57). The predicted molar refractivity (Wildman–Crippen MR) is 222 cm³/mol. The Kier molecular flexibility index (Phi) is 11.6. The zero-order valence-corrected chi connectivity index (χ0v) is 33.3. The van der Waals surface area contributed by atoms with Gasteiger partial charge in [-0.2, -0.15) is 5.26 Å². The number of nitrogens with zero attached hydrogens (tertiary/aromatic N) is 4. The Morgan fingerprint density at radius 2 is 1.60 bits per heavy atom. The second-order valence-electron chi connectivity index (χ2n) is 14.3. The molecule has 0 fully saturated rings. The molecule has 0 radical (unpaired) electrons. The van der Waals surface area contributed by atoms with E-state index in [1.54, 1.807) is 36.4 Å². The van der Waals surface area contributed by atoms with Crippen LogP contribution < -0.4 is 19.5 Å². The van der Waals surface area contributed by atoms with Gasteiger partial charge < -0.3 is 29.5 Å². The Hall–Kier alpha value is -6.94. The lowest BCUT2D eigenvalue weighted by molar-refractivity contribution is -0.142. The Labute approximate surface area is 354 Å². The number of ether oxygens (including phenoxy) is 3. The molecule has 3 heterocycles. The van der Waals surface area contributed by atoms with E-state index in [0.717, 1.165) is 33.4 Å². The number of halogens is 2. The summed E-state index contributed by atoms with van der Waals surface area (Å²) < 4.78 is 18.6. The molecular weight excluding hydrogens is 805 g/mol. The fraction of sp³-hybridized carbons (Fsp3) is 0.174. The molecule has 0 spiro atoms. The third kappa shape index (κ3) is 8.88. The van der Waals surface area contributed by atoms with Crippen LogP contribution in [0, 0.1) is 11.3 Å². The number of hydrogen-bond acceptors (Lipinski definition) is 9. The number of carboxylic acids is 1. The van der Waals surface area contributed by atoms with Crippen LogP contribution in [0.15, 0.2) is 122 Å². The Bertz CT molecular complexity index is 2600. The average Bonchev–Trinajstić information content (AvgIpc) is 3.28. The SMILES string of the molecule is N#Cc1ccc(-c2ccc(CC(NC(=O)C3Cc4cc5c(cc4CN3C(=O)c3cnccn3)OC(c3ccc(OCc4ccc(Cl)c(Cl)c4)cc3)CO5)C(=O)O)cc2)cc1. The molecule has 6 aromatic rings. The third-order valence-corrected chi connectivity index (χ3v) is 11.1. The molecule has 2 N–H and O–H groups in total. The summed E-state index contributed by atoms with van der Waals surface area (Å²) in [5.41, 5.74) is 6.32. The van der Waals surface area contributed by atoms with Gasteiger partial charge in [-0.05, 0) is 87.5 Å². The van der Waals surface area contributed by atoms with Crippen LogP contribution in [-0.4, -0.2) is 56.4 Å². The van der Waals surface area contributed by atoms with E-state index >= 15 is 0 Å². The highest BCUT2D eigenvalue weighted by molar-refractivity contribution is 6.42. The van der Waals surface area contributed by atoms with Gasteiger partial charge in [0.05, 0.1) is 27.9 Å². The van der Waals surface area contributed by atoms with E-state index in [9.17, 15) is 19.5 Å². The van der Waals surface area contributed by atoms with Gasteiger partial charge >= 0.3 is 5.97 Å². The second kappa shape index (κ2) is 17.5. The molecule has 1 aromatic heterocycles. The van der Waals surface area contributed by atoms with Crippen LogP contribution in [0.2, 0.25) is 10.0 Å². The summed E-state index contributed by atoms with van der Waals surface area (Å²) in [4.78, 5) is 50.2. The highest BCUT2D eigenvalue weighted by Gasteiger charge is 2.38. The topological polar surface area (TPSA) is 164 Å². The van der Waals surface area contributed by atoms with Crippen molar-refractivity contribution in [3.63, 3.8) is 0 Å². The predicted octanol–water partition coefficient (Wildman–Crippen LogP) is 7.79. The van der Waals surface area contributed by atoms with Gasteiger partial charge in [0.2, 0.25) is 5.91 Å². The van der Waals surface area contributed by atoms with E-state index < -0.39 is 36.0 Å². The number of nitriles is 1. The van der Waals surface area contributed by atoms with Gasteiger partial charge in [0.25, 0.3) is 5.91 Å². The second-order valence-corrected chi connectivity index (χ2v) is 15.1. The molecule has 60 heavy (non-hydrogen) atoms. The lowest BCUT2D eigenvalue weighted by atomic mass is 9.91. The molecule has 300 valence electrons. The first kappa shape index (κ1) is 39.9. The lowest BCUT2D eigenvalue weighted by Gasteiger charge is -2.37. The minimum absolute atomic E-state index is 0.00444. The van der Waals surface area contributed by atoms with Gasteiger partial charge in [-0.15, -0.1) is 0 Å². The molecule has 12 nitrogen and oxygen atoms in total. The Balaban J connectivity index is 0.974. The first-order valence-electron chi connectivity index (χ1n) is 18.9. The quantitative estimate of drug-likeness (QED) is 0.132. The van der Waals surface area contributed by atoms with Crippen molar-refractivity contribution in [2.45, 2.75) is 44.2 Å². The summed E-state index contributed by atoms with van der Waals surface area (Å²) in [6, 6.07) is 30.7. The van der Waals surface area contributed by atoms with Crippen molar-refractivity contribution >= 4 is 41.0 Å². The van der Waals surface area contributed by atoms with Gasteiger partial charge in [0, 0.05) is 31.8 Å². The summed E-state index contributed by atoms with van der Waals surface area (Å²) in [6.45, 7) is 0.558. The van der Waals surface area contributed by atoms with Crippen LogP contribution in [0.3, 0.4) is 0 Å². The van der Waals surface area contributed by atoms with Crippen LogP contribution in [-0.2, 0) is 35.6 Å². The van der Waals surface area contributed by atoms with E-state index in [4.69, 9.17) is 42.7 Å². The lowest BCUT2D eigenvalue weighted by Crippen LogP contribution is -2.56. The third-order valence-electron chi connectivity index (χ3n) is 10.4. The molecule has 14 heteroatoms. The number of carbonyl (C=O) groups is 3. The molecule has 8 rings (SSSR count). The van der Waals surface area contributed by atoms with E-state index in [0.29, 0.717) is 45.0 Å². The van der Waals surface area contributed by atoms with Gasteiger partial charge in [-0.25, -0.2) is 9.78 Å². The maximum atomic E-state index is 14.1. The van der Waals surface area contributed by atoms with Crippen molar-refractivity contribution in [2.75, 3.05) is 6.61 Å². The Morgan fingerprint density at radius 3 is 2.28 bits per heavy atom. The number of carbonyl (C=O) groups excluding carboxylic acids is 2. The first-order valence-corrected chi connectivity index (χ1v) is 19.7. The molecule has 0 saturated heterocycles. The molecule has 0 saturated carbocycles. The largest absolute Gasteiger partial charge is 0.489 e. The summed E-state index contributed by atoms with van der Waals surface area (Å²) in [5.74, 6) is -0.746. The number of nitrogens with one attached hydrogen (secondary N) is 1. The van der Waals surface area contributed by atoms with Crippen LogP contribution >= 0.6 is 23.2 Å². The first-order chi connectivity index (χ1) is 29.1. The Morgan fingerprint density at radius 1 is 0.883 bits per heavy atom. The molecule has 2 aliphatic heterocycles. The number of carboxylic acid groups (broad SMARTS) is 1. The zero-order chi connectivity index (χ0) is 41.8. The van der Waals surface area contributed by atoms with Gasteiger partial charge in [0.1, 0.15) is 36.7 Å². The van der Waals surface area contributed by atoms with E-state index in [2.05, 4.69) is 21.4 Å². The summed E-state index contributed by atoms with van der Waals surface area (Å²) in [7, 11) is 0. The minimum Gasteiger partial charge on any atom is -0.489 e. The maximum Gasteiger partial charge on any atom is 0.326 e. The van der Waals surface area contributed by atoms with Crippen molar-refractivity contribution in [3.8, 4) is 34.4 Å². The number of amides is 2. The van der Waals surface area contributed by atoms with Crippen molar-refractivity contribution in [1.82, 2.24) is 20.2 Å². The molecular formula is C46H35Cl2N5O7. The molecule has 3 atom stereocenters. The number of rotatable bonds is 11. The van der Waals surface area contributed by atoms with Gasteiger partial charge in [-0.1, -0.05) is 77.8 Å². The number of aromatic nitrogens is 2. The fourth-order valence-electron chi connectivity index (χ4n) is 7.17. The van der Waals surface area contributed by atoms with Crippen molar-refractivity contribution in [3.05, 3.63) is 171 Å². The minimum atomic E-state index is -1.28. The van der Waals surface area contributed by atoms with Crippen molar-refractivity contribution in [1.29, 1.82) is 5.26 Å². The van der Waals surface area contributed by atoms with Crippen LogP contribution in [0.25, 0.3) is 11.1 Å². The molecule has 2 amide bonds. The van der Waals surface area contributed by atoms with Crippen molar-refractivity contribution < 1.29 is 33.7 Å².